The molecule has 21 heavy (non-hydrogen) atoms. The quantitative estimate of drug-likeness (QED) is 0.841. The maximum atomic E-state index is 12.3. The number of carbonyl (C=O) groups is 1. The third kappa shape index (κ3) is 3.37. The van der Waals surface area contributed by atoms with Crippen molar-refractivity contribution >= 4 is 23.2 Å². The molecule has 0 aliphatic heterocycles. The number of hydrogen-bond acceptors (Lipinski definition) is 2. The molecule has 0 bridgehead atoms. The molecule has 0 heterocycles. The average Bonchev–Trinajstić information content (AvgIpc) is 2.41. The first-order valence-electron chi connectivity index (χ1n) is 6.82. The van der Waals surface area contributed by atoms with Gasteiger partial charge < -0.3 is 11.1 Å². The zero-order chi connectivity index (χ0) is 15.6. The van der Waals surface area contributed by atoms with Crippen LogP contribution in [0.1, 0.15) is 40.0 Å². The van der Waals surface area contributed by atoms with Crippen LogP contribution >= 0.6 is 11.6 Å². The second-order valence-corrected chi connectivity index (χ2v) is 5.64. The van der Waals surface area contributed by atoms with Gasteiger partial charge in [-0.1, -0.05) is 41.4 Å². The Balaban J connectivity index is 2.21. The minimum Gasteiger partial charge on any atom is -0.398 e. The van der Waals surface area contributed by atoms with Crippen molar-refractivity contribution in [2.45, 2.75) is 26.8 Å². The van der Waals surface area contributed by atoms with E-state index < -0.39 is 0 Å². The number of halogens is 1. The molecule has 3 N–H and O–H groups in total. The fourth-order valence-electron chi connectivity index (χ4n) is 2.39. The van der Waals surface area contributed by atoms with Gasteiger partial charge in [0.25, 0.3) is 5.91 Å². The van der Waals surface area contributed by atoms with E-state index >= 15 is 0 Å². The molecule has 1 unspecified atom stereocenters. The van der Waals surface area contributed by atoms with Crippen LogP contribution in [0.5, 0.6) is 0 Å². The predicted octanol–water partition coefficient (Wildman–Crippen LogP) is 4.03. The number of nitrogens with two attached hydrogens (primary N) is 1. The van der Waals surface area contributed by atoms with Gasteiger partial charge in [0.15, 0.2) is 0 Å². The molecule has 2 aromatic carbocycles. The molecule has 0 aromatic heterocycles. The van der Waals surface area contributed by atoms with Gasteiger partial charge in [-0.05, 0) is 44.0 Å². The number of amides is 1. The minimum atomic E-state index is -0.222. The molecule has 3 nitrogen and oxygen atoms in total. The number of hydrogen-bond donors (Lipinski definition) is 2. The topological polar surface area (TPSA) is 55.1 Å². The molecule has 0 radical (unpaired) electrons. The van der Waals surface area contributed by atoms with Crippen molar-refractivity contribution in [1.29, 1.82) is 0 Å². The number of nitrogen functional groups attached to an aromatic ring is 1. The predicted molar refractivity (Wildman–Crippen MR) is 87.7 cm³/mol. The molecular weight excluding hydrogens is 284 g/mol. The van der Waals surface area contributed by atoms with Crippen LogP contribution in [0.15, 0.2) is 36.4 Å². The number of rotatable bonds is 3. The first-order valence-corrected chi connectivity index (χ1v) is 7.20. The number of carbonyl (C=O) groups excluding carboxylic acids is 1. The summed E-state index contributed by atoms with van der Waals surface area (Å²) in [4.78, 5) is 12.3. The maximum absolute atomic E-state index is 12.3. The van der Waals surface area contributed by atoms with Crippen LogP contribution in [-0.4, -0.2) is 5.91 Å². The van der Waals surface area contributed by atoms with E-state index in [0.717, 1.165) is 11.1 Å². The van der Waals surface area contributed by atoms with Crippen LogP contribution in [0.2, 0.25) is 5.02 Å². The second kappa shape index (κ2) is 6.19. The Kier molecular flexibility index (Phi) is 4.53. The molecule has 4 heteroatoms. The van der Waals surface area contributed by atoms with E-state index in [-0.39, 0.29) is 11.9 Å². The van der Waals surface area contributed by atoms with E-state index in [1.54, 1.807) is 18.2 Å². The summed E-state index contributed by atoms with van der Waals surface area (Å²) in [5.41, 5.74) is 9.98. The van der Waals surface area contributed by atoms with Crippen molar-refractivity contribution in [2.24, 2.45) is 0 Å². The highest BCUT2D eigenvalue weighted by molar-refractivity contribution is 6.36. The highest BCUT2D eigenvalue weighted by Crippen LogP contribution is 2.24. The summed E-state index contributed by atoms with van der Waals surface area (Å²) in [6.45, 7) is 6.04. The van der Waals surface area contributed by atoms with E-state index in [1.807, 2.05) is 32.9 Å². The van der Waals surface area contributed by atoms with Crippen LogP contribution in [0.4, 0.5) is 5.69 Å². The van der Waals surface area contributed by atoms with E-state index in [4.69, 9.17) is 17.3 Å². The number of aryl methyl sites for hydroxylation is 2. The Labute approximate surface area is 130 Å². The average molecular weight is 303 g/mol. The summed E-state index contributed by atoms with van der Waals surface area (Å²) < 4.78 is 0. The number of benzene rings is 2. The molecule has 2 rings (SSSR count). The van der Waals surface area contributed by atoms with Gasteiger partial charge in [-0.25, -0.2) is 0 Å². The number of anilines is 1. The van der Waals surface area contributed by atoms with E-state index in [1.165, 1.54) is 5.56 Å². The highest BCUT2D eigenvalue weighted by Gasteiger charge is 2.16. The summed E-state index contributed by atoms with van der Waals surface area (Å²) in [6, 6.07) is 11.1. The van der Waals surface area contributed by atoms with Crippen molar-refractivity contribution < 1.29 is 4.79 Å². The van der Waals surface area contributed by atoms with E-state index in [0.29, 0.717) is 16.3 Å². The SMILES string of the molecule is Cc1ccc(C(C)NC(=O)c2cccc(N)c2Cl)c(C)c1. The minimum absolute atomic E-state index is 0.101. The Bertz CT molecular complexity index is 682. The van der Waals surface area contributed by atoms with Crippen LogP contribution in [0, 0.1) is 13.8 Å². The van der Waals surface area contributed by atoms with Crippen LogP contribution in [0.3, 0.4) is 0 Å². The molecule has 110 valence electrons. The molecule has 0 fully saturated rings. The van der Waals surface area contributed by atoms with Gasteiger partial charge in [-0.15, -0.1) is 0 Å². The van der Waals surface area contributed by atoms with Crippen molar-refractivity contribution in [1.82, 2.24) is 5.32 Å². The van der Waals surface area contributed by atoms with Gasteiger partial charge in [0.2, 0.25) is 0 Å². The van der Waals surface area contributed by atoms with Crippen molar-refractivity contribution in [3.63, 3.8) is 0 Å². The van der Waals surface area contributed by atoms with Crippen molar-refractivity contribution in [3.05, 3.63) is 63.7 Å². The van der Waals surface area contributed by atoms with Crippen molar-refractivity contribution in [2.75, 3.05) is 5.73 Å². The molecule has 0 aliphatic rings. The van der Waals surface area contributed by atoms with Gasteiger partial charge in [0.1, 0.15) is 0 Å². The fraction of sp³-hybridized carbons (Fsp3) is 0.235. The molecular formula is C17H19ClN2O. The molecule has 1 amide bonds. The van der Waals surface area contributed by atoms with Crippen molar-refractivity contribution in [3.8, 4) is 0 Å². The lowest BCUT2D eigenvalue weighted by molar-refractivity contribution is 0.0940. The zero-order valence-corrected chi connectivity index (χ0v) is 13.2. The van der Waals surface area contributed by atoms with Gasteiger partial charge in [-0.3, -0.25) is 4.79 Å². The van der Waals surface area contributed by atoms with Gasteiger partial charge in [-0.2, -0.15) is 0 Å². The smallest absolute Gasteiger partial charge is 0.253 e. The fourth-order valence-corrected chi connectivity index (χ4v) is 2.60. The summed E-state index contributed by atoms with van der Waals surface area (Å²) in [5, 5.41) is 3.26. The van der Waals surface area contributed by atoms with Crippen LogP contribution in [0.25, 0.3) is 0 Å². The molecule has 0 spiro atoms. The van der Waals surface area contributed by atoms with Crippen LogP contribution < -0.4 is 11.1 Å². The summed E-state index contributed by atoms with van der Waals surface area (Å²) in [7, 11) is 0. The molecule has 0 aliphatic carbocycles. The lowest BCUT2D eigenvalue weighted by Gasteiger charge is -2.18. The summed E-state index contributed by atoms with van der Waals surface area (Å²) in [5.74, 6) is -0.222. The summed E-state index contributed by atoms with van der Waals surface area (Å²) >= 11 is 6.08. The molecule has 1 atom stereocenters. The largest absolute Gasteiger partial charge is 0.398 e. The standard InChI is InChI=1S/C17H19ClN2O/c1-10-7-8-13(11(2)9-10)12(3)20-17(21)14-5-4-6-15(19)16(14)18/h4-9,12H,19H2,1-3H3,(H,20,21). The monoisotopic (exact) mass is 302 g/mol. The van der Waals surface area contributed by atoms with Crippen LogP contribution in [-0.2, 0) is 0 Å². The Morgan fingerprint density at radius 3 is 2.62 bits per heavy atom. The maximum Gasteiger partial charge on any atom is 0.253 e. The summed E-state index contributed by atoms with van der Waals surface area (Å²) in [6.07, 6.45) is 0. The van der Waals surface area contributed by atoms with Gasteiger partial charge in [0.05, 0.1) is 22.3 Å². The second-order valence-electron chi connectivity index (χ2n) is 5.26. The Morgan fingerprint density at radius 2 is 1.95 bits per heavy atom. The normalized spacial score (nSPS) is 12.0. The Hall–Kier alpha value is -2.00. The molecule has 0 saturated carbocycles. The van der Waals surface area contributed by atoms with Gasteiger partial charge in [0, 0.05) is 0 Å². The zero-order valence-electron chi connectivity index (χ0n) is 12.4. The lowest BCUT2D eigenvalue weighted by Crippen LogP contribution is -2.27. The third-order valence-electron chi connectivity index (χ3n) is 3.51. The lowest BCUT2D eigenvalue weighted by atomic mass is 10.00. The molecule has 2 aromatic rings. The third-order valence-corrected chi connectivity index (χ3v) is 3.93. The first-order chi connectivity index (χ1) is 9.90. The van der Waals surface area contributed by atoms with Gasteiger partial charge >= 0.3 is 0 Å². The first kappa shape index (κ1) is 15.4. The Morgan fingerprint density at radius 1 is 1.24 bits per heavy atom. The number of nitrogens with one attached hydrogen (secondary N) is 1. The van der Waals surface area contributed by atoms with E-state index in [9.17, 15) is 4.79 Å². The van der Waals surface area contributed by atoms with E-state index in [2.05, 4.69) is 11.4 Å². The molecule has 0 saturated heterocycles. The highest BCUT2D eigenvalue weighted by atomic mass is 35.5.